The van der Waals surface area contributed by atoms with Crippen molar-refractivity contribution in [3.05, 3.63) is 54.6 Å². The molecule has 0 saturated carbocycles. The Labute approximate surface area is 73.6 Å². The van der Waals surface area contributed by atoms with Gasteiger partial charge in [-0.2, -0.15) is 0 Å². The molecule has 1 radical (unpaired) electrons. The molecule has 59 valence electrons. The summed E-state index contributed by atoms with van der Waals surface area (Å²) < 4.78 is 0. The monoisotopic (exact) mass is 155 g/mol. The molecule has 0 bridgehead atoms. The lowest BCUT2D eigenvalue weighted by Gasteiger charge is -2.00. The van der Waals surface area contributed by atoms with Crippen LogP contribution in [0.15, 0.2) is 31.9 Å². The summed E-state index contributed by atoms with van der Waals surface area (Å²) in [5.74, 6) is 0. The van der Waals surface area contributed by atoms with Gasteiger partial charge in [-0.3, -0.25) is 0 Å². The molecule has 0 N–H and O–H groups in total. The predicted octanol–water partition coefficient (Wildman–Crippen LogP) is 3.42. The van der Waals surface area contributed by atoms with Gasteiger partial charge in [0.15, 0.2) is 0 Å². The van der Waals surface area contributed by atoms with Crippen molar-refractivity contribution >= 4 is 18.2 Å². The molecule has 0 aromatic heterocycles. The summed E-state index contributed by atoms with van der Waals surface area (Å²) in [6, 6.07) is 7.09. The van der Waals surface area contributed by atoms with Gasteiger partial charge in [0.25, 0.3) is 0 Å². The highest BCUT2D eigenvalue weighted by molar-refractivity contribution is 5.66. The molecule has 0 fully saturated rings. The summed E-state index contributed by atoms with van der Waals surface area (Å²) in [7, 11) is 0. The summed E-state index contributed by atoms with van der Waals surface area (Å²) in [4.78, 5) is 0. The smallest absolute Gasteiger partial charge is 0.00210 e. The van der Waals surface area contributed by atoms with Crippen molar-refractivity contribution in [1.82, 2.24) is 0 Å². The van der Waals surface area contributed by atoms with Crippen molar-refractivity contribution in [1.29, 1.82) is 0 Å². The summed E-state index contributed by atoms with van der Waals surface area (Å²) >= 11 is 0. The maximum atomic E-state index is 3.70. The van der Waals surface area contributed by atoms with Crippen LogP contribution in [0.3, 0.4) is 0 Å². The highest BCUT2D eigenvalue weighted by atomic mass is 14.0. The fourth-order valence-electron chi connectivity index (χ4n) is 1.00. The van der Waals surface area contributed by atoms with E-state index >= 15 is 0 Å². The Balaban J connectivity index is 3.27. The molecular weight excluding hydrogens is 144 g/mol. The zero-order chi connectivity index (χ0) is 8.97. The molecule has 0 aliphatic rings. The first-order chi connectivity index (χ1) is 5.81. The lowest BCUT2D eigenvalue weighted by molar-refractivity contribution is 1.57. The van der Waals surface area contributed by atoms with E-state index in [9.17, 15) is 0 Å². The van der Waals surface area contributed by atoms with Crippen molar-refractivity contribution in [3.63, 3.8) is 0 Å². The van der Waals surface area contributed by atoms with Crippen LogP contribution in [0.4, 0.5) is 0 Å². The van der Waals surface area contributed by atoms with Gasteiger partial charge in [-0.05, 0) is 22.8 Å². The van der Waals surface area contributed by atoms with Crippen molar-refractivity contribution < 1.29 is 0 Å². The van der Waals surface area contributed by atoms with E-state index in [-0.39, 0.29) is 0 Å². The molecule has 1 aromatic rings. The lowest BCUT2D eigenvalue weighted by atomic mass is 10.0. The van der Waals surface area contributed by atoms with Crippen LogP contribution in [0.25, 0.3) is 18.2 Å². The van der Waals surface area contributed by atoms with Crippen molar-refractivity contribution in [2.24, 2.45) is 0 Å². The molecule has 0 atom stereocenters. The van der Waals surface area contributed by atoms with Crippen LogP contribution in [-0.2, 0) is 0 Å². The normalized spacial score (nSPS) is 9.00. The van der Waals surface area contributed by atoms with Crippen LogP contribution in [0.5, 0.6) is 0 Å². The zero-order valence-corrected chi connectivity index (χ0v) is 7.01. The first-order valence-corrected chi connectivity index (χ1v) is 3.75. The average Bonchev–Trinajstić information content (AvgIpc) is 2.16. The van der Waals surface area contributed by atoms with Gasteiger partial charge in [-0.15, -0.1) is 0 Å². The minimum atomic E-state index is 0.974. The minimum Gasteiger partial charge on any atom is -0.0984 e. The second kappa shape index (κ2) is 3.72. The first-order valence-electron chi connectivity index (χ1n) is 3.75. The maximum Gasteiger partial charge on any atom is -0.00210 e. The van der Waals surface area contributed by atoms with Crippen LogP contribution in [-0.4, -0.2) is 0 Å². The third-order valence-electron chi connectivity index (χ3n) is 1.68. The molecule has 0 nitrogen and oxygen atoms in total. The third kappa shape index (κ3) is 1.54. The van der Waals surface area contributed by atoms with Gasteiger partial charge in [0.1, 0.15) is 0 Å². The van der Waals surface area contributed by atoms with Crippen LogP contribution in [0, 0.1) is 6.07 Å². The standard InChI is InChI=1S/C12H11/c1-4-10-7-8-11(5-2)12(6-3)9-10/h4-8H,1-3H2. The van der Waals surface area contributed by atoms with E-state index in [1.165, 1.54) is 0 Å². The van der Waals surface area contributed by atoms with Gasteiger partial charge in [0.05, 0.1) is 0 Å². The fraction of sp³-hybridized carbons (Fsp3) is 0. The van der Waals surface area contributed by atoms with Crippen LogP contribution >= 0.6 is 0 Å². The van der Waals surface area contributed by atoms with Crippen LogP contribution < -0.4 is 0 Å². The highest BCUT2D eigenvalue weighted by Crippen LogP contribution is 2.14. The van der Waals surface area contributed by atoms with E-state index in [2.05, 4.69) is 25.8 Å². The van der Waals surface area contributed by atoms with Crippen molar-refractivity contribution in [3.8, 4) is 0 Å². The molecule has 0 spiro atoms. The number of benzene rings is 1. The topological polar surface area (TPSA) is 0 Å². The van der Waals surface area contributed by atoms with E-state index < -0.39 is 0 Å². The summed E-state index contributed by atoms with van der Waals surface area (Å²) in [6.45, 7) is 11.1. The summed E-state index contributed by atoms with van der Waals surface area (Å²) in [5, 5.41) is 0. The lowest BCUT2D eigenvalue weighted by Crippen LogP contribution is -1.82. The van der Waals surface area contributed by atoms with Crippen LogP contribution in [0.2, 0.25) is 0 Å². The Morgan fingerprint density at radius 1 is 1.00 bits per heavy atom. The van der Waals surface area contributed by atoms with E-state index in [0.29, 0.717) is 0 Å². The summed E-state index contributed by atoms with van der Waals surface area (Å²) in [5.41, 5.74) is 3.01. The summed E-state index contributed by atoms with van der Waals surface area (Å²) in [6.07, 6.45) is 5.32. The first kappa shape index (κ1) is 8.54. The molecule has 1 aromatic carbocycles. The molecule has 0 heteroatoms. The van der Waals surface area contributed by atoms with Gasteiger partial charge in [-0.1, -0.05) is 50.1 Å². The van der Waals surface area contributed by atoms with E-state index in [1.807, 2.05) is 12.1 Å². The minimum absolute atomic E-state index is 0.974. The zero-order valence-electron chi connectivity index (χ0n) is 7.01. The number of hydrogen-bond donors (Lipinski definition) is 0. The number of rotatable bonds is 3. The highest BCUT2D eigenvalue weighted by Gasteiger charge is 1.95. The molecule has 0 aliphatic carbocycles. The molecule has 0 aliphatic heterocycles. The van der Waals surface area contributed by atoms with Gasteiger partial charge < -0.3 is 0 Å². The molecule has 0 heterocycles. The molecule has 12 heavy (non-hydrogen) atoms. The molecule has 0 unspecified atom stereocenters. The maximum absolute atomic E-state index is 3.70. The Hall–Kier alpha value is -1.56. The largest absolute Gasteiger partial charge is 0.0984 e. The Morgan fingerprint density at radius 3 is 2.25 bits per heavy atom. The van der Waals surface area contributed by atoms with Gasteiger partial charge in [-0.25, -0.2) is 0 Å². The molecule has 1 rings (SSSR count). The van der Waals surface area contributed by atoms with Gasteiger partial charge in [0, 0.05) is 0 Å². The fourth-order valence-corrected chi connectivity index (χ4v) is 1.00. The second-order valence-electron chi connectivity index (χ2n) is 2.40. The van der Waals surface area contributed by atoms with Gasteiger partial charge >= 0.3 is 0 Å². The van der Waals surface area contributed by atoms with E-state index in [0.717, 1.165) is 16.7 Å². The Kier molecular flexibility index (Phi) is 2.65. The van der Waals surface area contributed by atoms with Crippen LogP contribution in [0.1, 0.15) is 16.7 Å². The second-order valence-corrected chi connectivity index (χ2v) is 2.40. The molecular formula is C12H11. The quantitative estimate of drug-likeness (QED) is 0.627. The van der Waals surface area contributed by atoms with Gasteiger partial charge in [0.2, 0.25) is 0 Å². The van der Waals surface area contributed by atoms with E-state index in [1.54, 1.807) is 18.2 Å². The Bertz CT molecular complexity index is 319. The van der Waals surface area contributed by atoms with E-state index in [4.69, 9.17) is 0 Å². The third-order valence-corrected chi connectivity index (χ3v) is 1.68. The molecule has 0 amide bonds. The SMILES string of the molecule is C=Cc1[c]c(C=C)c(C=C)cc1. The predicted molar refractivity (Wildman–Crippen MR) is 55.6 cm³/mol. The molecule has 0 saturated heterocycles. The van der Waals surface area contributed by atoms with Crippen molar-refractivity contribution in [2.75, 3.05) is 0 Å². The Morgan fingerprint density at radius 2 is 1.75 bits per heavy atom. The number of hydrogen-bond acceptors (Lipinski definition) is 0. The van der Waals surface area contributed by atoms with Crippen molar-refractivity contribution in [2.45, 2.75) is 0 Å². The average molecular weight is 155 g/mol.